The summed E-state index contributed by atoms with van der Waals surface area (Å²) in [5.74, 6) is 7.15. The third kappa shape index (κ3) is 2.99. The quantitative estimate of drug-likeness (QED) is 0.728. The summed E-state index contributed by atoms with van der Waals surface area (Å²) in [4.78, 5) is 2.66. The molecule has 1 saturated heterocycles. The van der Waals surface area contributed by atoms with Crippen molar-refractivity contribution in [3.05, 3.63) is 0 Å². The van der Waals surface area contributed by atoms with E-state index in [9.17, 15) is 0 Å². The summed E-state index contributed by atoms with van der Waals surface area (Å²) in [7, 11) is 0. The predicted octanol–water partition coefficient (Wildman–Crippen LogP) is 1.86. The van der Waals surface area contributed by atoms with Gasteiger partial charge in [-0.3, -0.25) is 4.90 Å². The maximum Gasteiger partial charge on any atom is 0.0224 e. The molecule has 0 aromatic carbocycles. The fourth-order valence-electron chi connectivity index (χ4n) is 2.70. The molecule has 2 atom stereocenters. The Morgan fingerprint density at radius 1 is 1.38 bits per heavy atom. The van der Waals surface area contributed by atoms with Crippen LogP contribution >= 0.6 is 0 Å². The third-order valence-corrected chi connectivity index (χ3v) is 3.93. The van der Waals surface area contributed by atoms with E-state index in [2.05, 4.69) is 29.0 Å². The van der Waals surface area contributed by atoms with Crippen molar-refractivity contribution < 1.29 is 0 Å². The third-order valence-electron chi connectivity index (χ3n) is 3.93. The summed E-state index contributed by atoms with van der Waals surface area (Å²) in [5, 5.41) is 3.72. The van der Waals surface area contributed by atoms with Crippen LogP contribution in [0.4, 0.5) is 0 Å². The minimum absolute atomic E-state index is 0.730. The fourth-order valence-corrected chi connectivity index (χ4v) is 2.70. The lowest BCUT2D eigenvalue weighted by Crippen LogP contribution is -2.57. The highest BCUT2D eigenvalue weighted by atomic mass is 15.2. The van der Waals surface area contributed by atoms with Crippen molar-refractivity contribution in [2.24, 2.45) is 5.92 Å². The van der Waals surface area contributed by atoms with Crippen LogP contribution < -0.4 is 5.32 Å². The van der Waals surface area contributed by atoms with Crippen molar-refractivity contribution in [3.8, 4) is 11.8 Å². The first-order valence-electron chi connectivity index (χ1n) is 6.72. The van der Waals surface area contributed by atoms with E-state index < -0.39 is 0 Å². The van der Waals surface area contributed by atoms with Crippen LogP contribution in [0.5, 0.6) is 0 Å². The highest BCUT2D eigenvalue weighted by Gasteiger charge is 2.36. The zero-order valence-corrected chi connectivity index (χ0v) is 10.6. The Hall–Kier alpha value is -0.520. The second-order valence-corrected chi connectivity index (χ2v) is 5.09. The Balaban J connectivity index is 1.84. The number of hydrogen-bond acceptors (Lipinski definition) is 2. The average molecular weight is 220 g/mol. The first kappa shape index (κ1) is 12.0. The Morgan fingerprint density at radius 3 is 2.81 bits per heavy atom. The predicted molar refractivity (Wildman–Crippen MR) is 68.2 cm³/mol. The van der Waals surface area contributed by atoms with Crippen molar-refractivity contribution in [1.29, 1.82) is 0 Å². The van der Waals surface area contributed by atoms with Crippen LogP contribution in [0.15, 0.2) is 0 Å². The molecule has 1 saturated carbocycles. The molecule has 0 spiro atoms. The second kappa shape index (κ2) is 5.70. The molecule has 1 heterocycles. The molecule has 90 valence electrons. The lowest BCUT2D eigenvalue weighted by atomic mass is 10.0. The molecule has 16 heavy (non-hydrogen) atoms. The van der Waals surface area contributed by atoms with Crippen LogP contribution in [0.3, 0.4) is 0 Å². The summed E-state index contributed by atoms with van der Waals surface area (Å²) < 4.78 is 0. The molecule has 0 radical (unpaired) electrons. The number of rotatable bonds is 4. The topological polar surface area (TPSA) is 15.3 Å². The van der Waals surface area contributed by atoms with Crippen LogP contribution in [0.2, 0.25) is 0 Å². The lowest BCUT2D eigenvalue weighted by molar-refractivity contribution is 0.122. The molecule has 1 aliphatic heterocycles. The van der Waals surface area contributed by atoms with Crippen molar-refractivity contribution in [2.45, 2.75) is 51.6 Å². The van der Waals surface area contributed by atoms with Gasteiger partial charge in [-0.05, 0) is 32.1 Å². The molecule has 2 aliphatic rings. The number of nitrogens with zero attached hydrogens (tertiary/aromatic N) is 1. The van der Waals surface area contributed by atoms with Gasteiger partial charge in [0, 0.05) is 38.1 Å². The Morgan fingerprint density at radius 2 is 2.19 bits per heavy atom. The van der Waals surface area contributed by atoms with Gasteiger partial charge in [-0.25, -0.2) is 0 Å². The first-order valence-corrected chi connectivity index (χ1v) is 6.72. The van der Waals surface area contributed by atoms with Gasteiger partial charge in [0.05, 0.1) is 0 Å². The van der Waals surface area contributed by atoms with Gasteiger partial charge in [0.25, 0.3) is 0 Å². The van der Waals surface area contributed by atoms with Crippen molar-refractivity contribution >= 4 is 0 Å². The highest BCUT2D eigenvalue weighted by Crippen LogP contribution is 2.34. The largest absolute Gasteiger partial charge is 0.311 e. The normalized spacial score (nSPS) is 30.9. The van der Waals surface area contributed by atoms with Crippen molar-refractivity contribution in [3.63, 3.8) is 0 Å². The number of nitrogens with one attached hydrogen (secondary N) is 1. The summed E-state index contributed by atoms with van der Waals surface area (Å²) in [6.45, 7) is 7.81. The van der Waals surface area contributed by atoms with Gasteiger partial charge in [0.15, 0.2) is 0 Å². The van der Waals surface area contributed by atoms with E-state index in [0.29, 0.717) is 0 Å². The monoisotopic (exact) mass is 220 g/mol. The van der Waals surface area contributed by atoms with E-state index >= 15 is 0 Å². The second-order valence-electron chi connectivity index (χ2n) is 5.09. The fraction of sp³-hybridized carbons (Fsp3) is 0.857. The molecule has 0 aromatic rings. The van der Waals surface area contributed by atoms with Gasteiger partial charge in [-0.15, -0.1) is 11.8 Å². The van der Waals surface area contributed by atoms with E-state index in [1.54, 1.807) is 0 Å². The lowest BCUT2D eigenvalue weighted by Gasteiger charge is -2.40. The van der Waals surface area contributed by atoms with Gasteiger partial charge in [-0.1, -0.05) is 6.92 Å². The number of piperazine rings is 1. The maximum atomic E-state index is 3.72. The van der Waals surface area contributed by atoms with Gasteiger partial charge in [-0.2, -0.15) is 0 Å². The molecule has 0 amide bonds. The molecule has 2 rings (SSSR count). The maximum absolute atomic E-state index is 3.72. The zero-order valence-electron chi connectivity index (χ0n) is 10.6. The molecule has 2 nitrogen and oxygen atoms in total. The molecule has 0 bridgehead atoms. The van der Waals surface area contributed by atoms with Crippen molar-refractivity contribution in [2.75, 3.05) is 19.6 Å². The van der Waals surface area contributed by atoms with E-state index in [1.807, 2.05) is 6.92 Å². The molecule has 1 aliphatic carbocycles. The summed E-state index contributed by atoms with van der Waals surface area (Å²) in [5.41, 5.74) is 0. The Bertz CT molecular complexity index is 272. The summed E-state index contributed by atoms with van der Waals surface area (Å²) >= 11 is 0. The Kier molecular flexibility index (Phi) is 4.26. The molecule has 2 fully saturated rings. The van der Waals surface area contributed by atoms with Crippen molar-refractivity contribution in [1.82, 2.24) is 10.2 Å². The molecule has 2 heteroatoms. The minimum Gasteiger partial charge on any atom is -0.311 e. The summed E-state index contributed by atoms with van der Waals surface area (Å²) in [6, 6.07) is 1.49. The SMILES string of the molecule is CC#CCCN1CC(C2CC2)NCC1CC. The molecular weight excluding hydrogens is 196 g/mol. The molecule has 1 N–H and O–H groups in total. The van der Waals surface area contributed by atoms with Gasteiger partial charge in [0.1, 0.15) is 0 Å². The van der Waals surface area contributed by atoms with Crippen LogP contribution in [0, 0.1) is 17.8 Å². The smallest absolute Gasteiger partial charge is 0.0224 e. The zero-order chi connectivity index (χ0) is 11.4. The number of hydrogen-bond donors (Lipinski definition) is 1. The standard InChI is InChI=1S/C14H24N2/c1-3-5-6-9-16-11-14(12-7-8-12)15-10-13(16)4-2/h12-15H,4,6-11H2,1-2H3. The minimum atomic E-state index is 0.730. The molecular formula is C14H24N2. The average Bonchev–Trinajstić information content (AvgIpc) is 3.13. The highest BCUT2D eigenvalue weighted by molar-refractivity contribution is 4.98. The van der Waals surface area contributed by atoms with Gasteiger partial charge in [0.2, 0.25) is 0 Å². The van der Waals surface area contributed by atoms with Gasteiger partial charge >= 0.3 is 0 Å². The van der Waals surface area contributed by atoms with E-state index in [0.717, 1.165) is 31.0 Å². The van der Waals surface area contributed by atoms with E-state index in [-0.39, 0.29) is 0 Å². The molecule has 0 aromatic heterocycles. The first-order chi connectivity index (χ1) is 7.85. The van der Waals surface area contributed by atoms with Crippen LogP contribution in [0.25, 0.3) is 0 Å². The van der Waals surface area contributed by atoms with E-state index in [4.69, 9.17) is 0 Å². The van der Waals surface area contributed by atoms with Gasteiger partial charge < -0.3 is 5.32 Å². The Labute approximate surface area is 99.8 Å². The van der Waals surface area contributed by atoms with Crippen LogP contribution in [-0.2, 0) is 0 Å². The van der Waals surface area contributed by atoms with Crippen LogP contribution in [0.1, 0.15) is 39.5 Å². The summed E-state index contributed by atoms with van der Waals surface area (Å²) in [6.07, 6.45) is 5.17. The molecule has 2 unspecified atom stereocenters. The van der Waals surface area contributed by atoms with Crippen LogP contribution in [-0.4, -0.2) is 36.6 Å². The van der Waals surface area contributed by atoms with E-state index in [1.165, 1.54) is 32.4 Å².